The Balaban J connectivity index is 2.11. The van der Waals surface area contributed by atoms with Crippen LogP contribution in [-0.2, 0) is 6.54 Å². The number of methoxy groups -OCH3 is 1. The van der Waals surface area contributed by atoms with Crippen LogP contribution in [0.15, 0.2) is 42.6 Å². The average molecular weight is 285 g/mol. The Morgan fingerprint density at radius 1 is 1.24 bits per heavy atom. The molecule has 2 rings (SSSR count). The first-order valence-corrected chi connectivity index (χ1v) is 7.20. The van der Waals surface area contributed by atoms with Crippen LogP contribution in [0.4, 0.5) is 5.69 Å². The second kappa shape index (κ2) is 7.09. The molecule has 4 nitrogen and oxygen atoms in total. The van der Waals surface area contributed by atoms with E-state index in [0.717, 1.165) is 35.7 Å². The van der Waals surface area contributed by atoms with E-state index < -0.39 is 0 Å². The fraction of sp³-hybridized carbons (Fsp3) is 0.353. The minimum absolute atomic E-state index is 0.0126. The van der Waals surface area contributed by atoms with Gasteiger partial charge >= 0.3 is 0 Å². The van der Waals surface area contributed by atoms with Crippen LogP contribution in [0.1, 0.15) is 30.6 Å². The molecule has 4 heteroatoms. The number of anilines is 1. The summed E-state index contributed by atoms with van der Waals surface area (Å²) in [6.07, 6.45) is 2.77. The highest BCUT2D eigenvalue weighted by Crippen LogP contribution is 2.22. The maximum Gasteiger partial charge on any atom is 0.123 e. The van der Waals surface area contributed by atoms with Crippen molar-refractivity contribution in [2.75, 3.05) is 19.1 Å². The monoisotopic (exact) mass is 285 g/mol. The van der Waals surface area contributed by atoms with Gasteiger partial charge in [-0.05, 0) is 24.6 Å². The van der Waals surface area contributed by atoms with Gasteiger partial charge in [-0.25, -0.2) is 0 Å². The van der Waals surface area contributed by atoms with Gasteiger partial charge < -0.3 is 15.4 Å². The fourth-order valence-electron chi connectivity index (χ4n) is 2.23. The van der Waals surface area contributed by atoms with Crippen molar-refractivity contribution in [2.24, 2.45) is 5.73 Å². The number of nitrogens with two attached hydrogens (primary N) is 1. The van der Waals surface area contributed by atoms with E-state index in [1.807, 2.05) is 37.5 Å². The molecule has 2 aromatic rings. The van der Waals surface area contributed by atoms with Crippen LogP contribution in [0.25, 0.3) is 0 Å². The third-order valence-electron chi connectivity index (χ3n) is 3.63. The number of aromatic nitrogens is 1. The Morgan fingerprint density at radius 2 is 2.00 bits per heavy atom. The van der Waals surface area contributed by atoms with E-state index in [2.05, 4.69) is 28.9 Å². The molecule has 0 aliphatic carbocycles. The number of hydrogen-bond acceptors (Lipinski definition) is 4. The minimum atomic E-state index is 0.0126. The number of rotatable bonds is 6. The Morgan fingerprint density at radius 3 is 2.62 bits per heavy atom. The van der Waals surface area contributed by atoms with Crippen molar-refractivity contribution < 1.29 is 4.74 Å². The Labute approximate surface area is 126 Å². The summed E-state index contributed by atoms with van der Waals surface area (Å²) in [4.78, 5) is 6.60. The number of nitrogens with zero attached hydrogens (tertiary/aromatic N) is 2. The number of hydrogen-bond donors (Lipinski definition) is 1. The highest BCUT2D eigenvalue weighted by Gasteiger charge is 2.09. The van der Waals surface area contributed by atoms with Gasteiger partial charge in [0.2, 0.25) is 0 Å². The Hall–Kier alpha value is -2.07. The molecule has 112 valence electrons. The molecule has 0 bridgehead atoms. The van der Waals surface area contributed by atoms with Gasteiger partial charge in [0, 0.05) is 25.2 Å². The van der Waals surface area contributed by atoms with Gasteiger partial charge in [-0.15, -0.1) is 0 Å². The molecule has 0 saturated carbocycles. The molecule has 1 aromatic carbocycles. The molecule has 0 saturated heterocycles. The van der Waals surface area contributed by atoms with E-state index >= 15 is 0 Å². The molecule has 1 atom stereocenters. The molecule has 0 unspecified atom stereocenters. The number of pyridine rings is 1. The lowest BCUT2D eigenvalue weighted by Crippen LogP contribution is -2.18. The van der Waals surface area contributed by atoms with Crippen LogP contribution >= 0.6 is 0 Å². The molecular weight excluding hydrogens is 262 g/mol. The normalized spacial score (nSPS) is 12.0. The van der Waals surface area contributed by atoms with Crippen molar-refractivity contribution in [3.8, 4) is 5.75 Å². The van der Waals surface area contributed by atoms with Crippen molar-refractivity contribution in [3.63, 3.8) is 0 Å². The van der Waals surface area contributed by atoms with Crippen molar-refractivity contribution in [1.82, 2.24) is 4.98 Å². The zero-order valence-corrected chi connectivity index (χ0v) is 12.9. The molecule has 0 aliphatic heterocycles. The van der Waals surface area contributed by atoms with Gasteiger partial charge in [-0.1, -0.05) is 25.1 Å². The quantitative estimate of drug-likeness (QED) is 0.886. The van der Waals surface area contributed by atoms with Crippen molar-refractivity contribution in [2.45, 2.75) is 25.9 Å². The van der Waals surface area contributed by atoms with Crippen LogP contribution in [0.3, 0.4) is 0 Å². The third-order valence-corrected chi connectivity index (χ3v) is 3.63. The van der Waals surface area contributed by atoms with Gasteiger partial charge in [0.05, 0.1) is 24.7 Å². The van der Waals surface area contributed by atoms with Crippen LogP contribution in [0, 0.1) is 0 Å². The standard InChI is InChI=1S/C17H23N3O/c1-4-15(18)16-10-9-14(11-19-16)20(2)12-13-7-5-6-8-17(13)21-3/h5-11,15H,4,12,18H2,1-3H3/t15-/m1/s1. The Bertz CT molecular complexity index is 569. The van der Waals surface area contributed by atoms with Crippen molar-refractivity contribution in [1.29, 1.82) is 0 Å². The second-order valence-corrected chi connectivity index (χ2v) is 5.12. The predicted molar refractivity (Wildman–Crippen MR) is 86.6 cm³/mol. The van der Waals surface area contributed by atoms with Gasteiger partial charge in [0.1, 0.15) is 5.75 Å². The molecule has 0 amide bonds. The molecule has 21 heavy (non-hydrogen) atoms. The van der Waals surface area contributed by atoms with Gasteiger partial charge in [-0.3, -0.25) is 4.98 Å². The molecule has 2 N–H and O–H groups in total. The molecular formula is C17H23N3O. The second-order valence-electron chi connectivity index (χ2n) is 5.12. The van der Waals surface area contributed by atoms with E-state index in [0.29, 0.717) is 0 Å². The van der Waals surface area contributed by atoms with E-state index in [4.69, 9.17) is 10.5 Å². The van der Waals surface area contributed by atoms with E-state index in [9.17, 15) is 0 Å². The van der Waals surface area contributed by atoms with E-state index in [1.54, 1.807) is 7.11 Å². The first-order valence-electron chi connectivity index (χ1n) is 7.20. The minimum Gasteiger partial charge on any atom is -0.496 e. The zero-order chi connectivity index (χ0) is 15.2. The fourth-order valence-corrected chi connectivity index (χ4v) is 2.23. The first-order chi connectivity index (χ1) is 10.2. The smallest absolute Gasteiger partial charge is 0.123 e. The van der Waals surface area contributed by atoms with E-state index in [-0.39, 0.29) is 6.04 Å². The molecule has 1 aromatic heterocycles. The number of ether oxygens (including phenoxy) is 1. The lowest BCUT2D eigenvalue weighted by molar-refractivity contribution is 0.409. The highest BCUT2D eigenvalue weighted by molar-refractivity contribution is 5.46. The largest absolute Gasteiger partial charge is 0.496 e. The maximum atomic E-state index is 5.99. The summed E-state index contributed by atoms with van der Waals surface area (Å²) in [5.74, 6) is 0.905. The van der Waals surface area contributed by atoms with Gasteiger partial charge in [0.25, 0.3) is 0 Å². The lowest BCUT2D eigenvalue weighted by atomic mass is 10.1. The lowest BCUT2D eigenvalue weighted by Gasteiger charge is -2.21. The van der Waals surface area contributed by atoms with Crippen molar-refractivity contribution in [3.05, 3.63) is 53.9 Å². The van der Waals surface area contributed by atoms with Gasteiger partial charge in [-0.2, -0.15) is 0 Å². The molecule has 0 spiro atoms. The number of para-hydroxylation sites is 1. The van der Waals surface area contributed by atoms with Crippen LogP contribution in [-0.4, -0.2) is 19.1 Å². The summed E-state index contributed by atoms with van der Waals surface area (Å²) in [7, 11) is 3.74. The first kappa shape index (κ1) is 15.3. The molecule has 0 fully saturated rings. The summed E-state index contributed by atoms with van der Waals surface area (Å²) >= 11 is 0. The Kier molecular flexibility index (Phi) is 5.17. The van der Waals surface area contributed by atoms with E-state index in [1.165, 1.54) is 0 Å². The average Bonchev–Trinajstić information content (AvgIpc) is 2.54. The summed E-state index contributed by atoms with van der Waals surface area (Å²) < 4.78 is 5.39. The predicted octanol–water partition coefficient (Wildman–Crippen LogP) is 3.14. The maximum absolute atomic E-state index is 5.99. The molecule has 0 radical (unpaired) electrons. The summed E-state index contributed by atoms with van der Waals surface area (Å²) in [6.45, 7) is 2.83. The summed E-state index contributed by atoms with van der Waals surface area (Å²) in [6, 6.07) is 12.1. The third kappa shape index (κ3) is 3.73. The molecule has 1 heterocycles. The highest BCUT2D eigenvalue weighted by atomic mass is 16.5. The van der Waals surface area contributed by atoms with Gasteiger partial charge in [0.15, 0.2) is 0 Å². The summed E-state index contributed by atoms with van der Waals surface area (Å²) in [5.41, 5.74) is 9.14. The SMILES string of the molecule is CC[C@@H](N)c1ccc(N(C)Cc2ccccc2OC)cn1. The van der Waals surface area contributed by atoms with Crippen LogP contribution in [0.5, 0.6) is 5.75 Å². The number of benzene rings is 1. The van der Waals surface area contributed by atoms with Crippen LogP contribution < -0.4 is 15.4 Å². The van der Waals surface area contributed by atoms with Crippen LogP contribution in [0.2, 0.25) is 0 Å². The topological polar surface area (TPSA) is 51.4 Å². The summed E-state index contributed by atoms with van der Waals surface area (Å²) in [5, 5.41) is 0. The molecule has 0 aliphatic rings. The zero-order valence-electron chi connectivity index (χ0n) is 12.9. The van der Waals surface area contributed by atoms with Crippen molar-refractivity contribution >= 4 is 5.69 Å².